The molecule has 4 heterocycles. The van der Waals surface area contributed by atoms with E-state index in [0.29, 0.717) is 51.9 Å². The zero-order valence-electron chi connectivity index (χ0n) is 26.3. The monoisotopic (exact) mass is 625 g/mol. The quantitative estimate of drug-likeness (QED) is 0.184. The molecule has 2 aliphatic heterocycles. The Morgan fingerprint density at radius 1 is 1.09 bits per heavy atom. The van der Waals surface area contributed by atoms with Crippen LogP contribution in [0.4, 0.5) is 23.0 Å². The molecule has 0 radical (unpaired) electrons. The number of hydrogen-bond acceptors (Lipinski definition) is 8. The molecule has 0 bridgehead atoms. The molecule has 2 N–H and O–H groups in total. The van der Waals surface area contributed by atoms with E-state index < -0.39 is 7.14 Å². The Hall–Kier alpha value is -4.14. The highest BCUT2D eigenvalue weighted by molar-refractivity contribution is 7.70. The van der Waals surface area contributed by atoms with Crippen LogP contribution in [-0.2, 0) is 9.36 Å². The van der Waals surface area contributed by atoms with Gasteiger partial charge in [0.25, 0.3) is 0 Å². The van der Waals surface area contributed by atoms with Crippen molar-refractivity contribution in [2.45, 2.75) is 18.9 Å². The fraction of sp³-hybridized carbons (Fsp3) is 0.382. The molecule has 7 rings (SSSR count). The fourth-order valence-corrected chi connectivity index (χ4v) is 8.02. The maximum Gasteiger partial charge on any atom is 0.247 e. The predicted molar refractivity (Wildman–Crippen MR) is 182 cm³/mol. The highest BCUT2D eigenvalue weighted by Gasteiger charge is 2.39. The van der Waals surface area contributed by atoms with Crippen molar-refractivity contribution in [2.75, 3.05) is 69.2 Å². The lowest BCUT2D eigenvalue weighted by molar-refractivity contribution is -0.111. The van der Waals surface area contributed by atoms with Gasteiger partial charge in [0.2, 0.25) is 11.9 Å². The van der Waals surface area contributed by atoms with E-state index in [1.54, 1.807) is 26.6 Å². The molecule has 2 unspecified atom stereocenters. The molecule has 4 aromatic rings. The van der Waals surface area contributed by atoms with E-state index in [2.05, 4.69) is 68.0 Å². The van der Waals surface area contributed by atoms with Crippen LogP contribution in [-0.4, -0.2) is 79.0 Å². The summed E-state index contributed by atoms with van der Waals surface area (Å²) in [5, 5.41) is 8.07. The first-order valence-corrected chi connectivity index (χ1v) is 18.1. The van der Waals surface area contributed by atoms with Crippen LogP contribution in [0.2, 0.25) is 0 Å². The number of nitrogens with zero attached hydrogens (tertiary/aromatic N) is 5. The van der Waals surface area contributed by atoms with E-state index in [0.717, 1.165) is 61.2 Å². The minimum atomic E-state index is -2.73. The fourth-order valence-electron chi connectivity index (χ4n) is 7.00. The summed E-state index contributed by atoms with van der Waals surface area (Å²) < 4.78 is 21.7. The highest BCUT2D eigenvalue weighted by Crippen LogP contribution is 2.45. The molecule has 2 aromatic heterocycles. The van der Waals surface area contributed by atoms with Gasteiger partial charge >= 0.3 is 0 Å². The zero-order chi connectivity index (χ0) is 31.5. The second kappa shape index (κ2) is 11.3. The number of nitrogens with one attached hydrogen (secondary N) is 2. The molecule has 1 aliphatic carbocycles. The molecule has 3 aliphatic rings. The molecule has 1 amide bonds. The Morgan fingerprint density at radius 2 is 1.82 bits per heavy atom. The van der Waals surface area contributed by atoms with Crippen molar-refractivity contribution < 1.29 is 14.1 Å². The molecule has 10 nitrogen and oxygen atoms in total. The number of amides is 1. The molecule has 3 fully saturated rings. The molecular formula is C34H40N7O3P. The first-order chi connectivity index (χ1) is 21.6. The number of anilines is 4. The van der Waals surface area contributed by atoms with Gasteiger partial charge in [0.05, 0.1) is 35.2 Å². The van der Waals surface area contributed by atoms with Gasteiger partial charge in [-0.25, -0.2) is 9.97 Å². The van der Waals surface area contributed by atoms with Crippen LogP contribution in [0.15, 0.2) is 61.4 Å². The van der Waals surface area contributed by atoms with Crippen molar-refractivity contribution in [3.05, 3.63) is 61.4 Å². The SMILES string of the molecule is C=CC(=O)Nc1cc(Nc2ncc(P(C)(C)=O)c(-c3cn(C4CC4)c4ccccc34)n2)c(OC)cc1N1CC2CN(C)CC2C1. The van der Waals surface area contributed by atoms with Crippen molar-refractivity contribution >= 4 is 52.3 Å². The van der Waals surface area contributed by atoms with Gasteiger partial charge in [-0.2, -0.15) is 0 Å². The maximum atomic E-state index is 13.5. The maximum absolute atomic E-state index is 13.5. The summed E-state index contributed by atoms with van der Waals surface area (Å²) >= 11 is 0. The number of fused-ring (bicyclic) bond motifs is 2. The number of aromatic nitrogens is 3. The summed E-state index contributed by atoms with van der Waals surface area (Å²) in [7, 11) is 1.08. The lowest BCUT2D eigenvalue weighted by Crippen LogP contribution is -2.27. The predicted octanol–water partition coefficient (Wildman–Crippen LogP) is 5.56. The lowest BCUT2D eigenvalue weighted by Gasteiger charge is -2.26. The van der Waals surface area contributed by atoms with Gasteiger partial charge < -0.3 is 34.3 Å². The molecule has 45 heavy (non-hydrogen) atoms. The molecule has 1 saturated carbocycles. The second-order valence-electron chi connectivity index (χ2n) is 13.0. The Kier molecular flexibility index (Phi) is 7.45. The average molecular weight is 626 g/mol. The van der Waals surface area contributed by atoms with Gasteiger partial charge in [-0.05, 0) is 63.3 Å². The molecule has 11 heteroatoms. The largest absolute Gasteiger partial charge is 0.494 e. The third kappa shape index (κ3) is 5.62. The summed E-state index contributed by atoms with van der Waals surface area (Å²) in [5.41, 5.74) is 4.91. The van der Waals surface area contributed by atoms with Crippen LogP contribution in [0.3, 0.4) is 0 Å². The van der Waals surface area contributed by atoms with E-state index in [1.165, 1.54) is 6.08 Å². The van der Waals surface area contributed by atoms with Crippen molar-refractivity contribution in [1.29, 1.82) is 0 Å². The number of rotatable bonds is 9. The van der Waals surface area contributed by atoms with E-state index in [4.69, 9.17) is 9.72 Å². The minimum absolute atomic E-state index is 0.289. The van der Waals surface area contributed by atoms with E-state index in [9.17, 15) is 9.36 Å². The van der Waals surface area contributed by atoms with Crippen molar-refractivity contribution in [1.82, 2.24) is 19.4 Å². The smallest absolute Gasteiger partial charge is 0.247 e. The van der Waals surface area contributed by atoms with Gasteiger partial charge in [0, 0.05) is 67.1 Å². The van der Waals surface area contributed by atoms with Crippen molar-refractivity contribution in [3.8, 4) is 17.0 Å². The number of benzene rings is 2. The number of likely N-dealkylation sites (tertiary alicyclic amines) is 1. The Morgan fingerprint density at radius 3 is 2.49 bits per heavy atom. The topological polar surface area (TPSA) is 105 Å². The third-order valence-corrected chi connectivity index (χ3v) is 10.8. The average Bonchev–Trinajstić information content (AvgIpc) is 3.54. The third-order valence-electron chi connectivity index (χ3n) is 9.30. The summed E-state index contributed by atoms with van der Waals surface area (Å²) in [6.07, 6.45) is 7.40. The van der Waals surface area contributed by atoms with Gasteiger partial charge in [-0.1, -0.05) is 24.8 Å². The van der Waals surface area contributed by atoms with E-state index in [-0.39, 0.29) is 5.91 Å². The number of para-hydroxylation sites is 1. The first-order valence-electron chi connectivity index (χ1n) is 15.5. The standard InChI is InChI=1S/C34H40N7O3P/c1-6-32(42)36-26-13-27(30(44-3)14-29(26)40-18-21-16-39(2)17-22(21)19-40)37-34-35-15-31(45(4,5)43)33(38-34)25-20-41(23-11-12-23)28-10-8-7-9-24(25)28/h6-10,13-15,20-23H,1,11-12,16-19H2,2-5H3,(H,36,42)(H,35,37,38). The van der Waals surface area contributed by atoms with E-state index >= 15 is 0 Å². The Balaban J connectivity index is 1.29. The van der Waals surface area contributed by atoms with Crippen molar-refractivity contribution in [2.24, 2.45) is 11.8 Å². The van der Waals surface area contributed by atoms with E-state index in [1.807, 2.05) is 18.2 Å². The van der Waals surface area contributed by atoms with Crippen LogP contribution < -0.4 is 25.6 Å². The molecule has 2 aromatic carbocycles. The molecule has 234 valence electrons. The normalized spacial score (nSPS) is 20.0. The summed E-state index contributed by atoms with van der Waals surface area (Å²) in [5.74, 6) is 1.84. The molecule has 2 saturated heterocycles. The number of hydrogen-bond donors (Lipinski definition) is 2. The van der Waals surface area contributed by atoms with Crippen LogP contribution in [0, 0.1) is 11.8 Å². The van der Waals surface area contributed by atoms with Gasteiger partial charge in [-0.15, -0.1) is 0 Å². The summed E-state index contributed by atoms with van der Waals surface area (Å²) in [6.45, 7) is 11.1. The summed E-state index contributed by atoms with van der Waals surface area (Å²) in [6, 6.07) is 12.6. The number of carbonyl (C=O) groups is 1. The van der Waals surface area contributed by atoms with Gasteiger partial charge in [-0.3, -0.25) is 4.79 Å². The minimum Gasteiger partial charge on any atom is -0.494 e. The molecule has 0 spiro atoms. The highest BCUT2D eigenvalue weighted by atomic mass is 31.2. The van der Waals surface area contributed by atoms with Crippen LogP contribution in [0.1, 0.15) is 18.9 Å². The van der Waals surface area contributed by atoms with Gasteiger partial charge in [0.1, 0.15) is 12.9 Å². The van der Waals surface area contributed by atoms with Gasteiger partial charge in [0.15, 0.2) is 0 Å². The zero-order valence-corrected chi connectivity index (χ0v) is 27.2. The molecular weight excluding hydrogens is 585 g/mol. The Labute approximate surface area is 263 Å². The number of ether oxygens (including phenoxy) is 1. The Bertz CT molecular complexity index is 1850. The molecule has 2 atom stereocenters. The second-order valence-corrected chi connectivity index (χ2v) is 16.2. The summed E-state index contributed by atoms with van der Waals surface area (Å²) in [4.78, 5) is 26.9. The lowest BCUT2D eigenvalue weighted by atomic mass is 10.0. The van der Waals surface area contributed by atoms with Crippen LogP contribution in [0.25, 0.3) is 22.2 Å². The van der Waals surface area contributed by atoms with Crippen molar-refractivity contribution in [3.63, 3.8) is 0 Å². The number of carbonyl (C=O) groups excluding carboxylic acids is 1. The first kappa shape index (κ1) is 29.6. The number of methoxy groups -OCH3 is 1. The van der Waals surface area contributed by atoms with Crippen LogP contribution in [0.5, 0.6) is 5.75 Å². The van der Waals surface area contributed by atoms with Crippen LogP contribution >= 0.6 is 7.14 Å².